The first-order valence-corrected chi connectivity index (χ1v) is 9.89. The minimum atomic E-state index is 0.0859. The molecule has 29 heavy (non-hydrogen) atoms. The van der Waals surface area contributed by atoms with Crippen molar-refractivity contribution in [3.05, 3.63) is 83.7 Å². The van der Waals surface area contributed by atoms with E-state index in [2.05, 4.69) is 4.98 Å². The van der Waals surface area contributed by atoms with Gasteiger partial charge in [-0.1, -0.05) is 43.3 Å². The smallest absolute Gasteiger partial charge is 0.226 e. The quantitative estimate of drug-likeness (QED) is 0.521. The minimum absolute atomic E-state index is 0.0859. The third-order valence-corrected chi connectivity index (χ3v) is 5.15. The van der Waals surface area contributed by atoms with Gasteiger partial charge in [-0.25, -0.2) is 0 Å². The first kappa shape index (κ1) is 20.5. The number of carbonyl (C=O) groups excluding carboxylic acids is 2. The van der Waals surface area contributed by atoms with Gasteiger partial charge in [0.1, 0.15) is 0 Å². The Kier molecular flexibility index (Phi) is 6.55. The number of aromatic nitrogens is 1. The molecule has 0 radical (unpaired) electrons. The summed E-state index contributed by atoms with van der Waals surface area (Å²) >= 11 is 0. The topological polar surface area (TPSA) is 50.3 Å². The van der Waals surface area contributed by atoms with Crippen molar-refractivity contribution in [2.24, 2.45) is 0 Å². The Hall–Kier alpha value is -3.27. The molecule has 3 rings (SSSR count). The Balaban J connectivity index is 1.72. The van der Waals surface area contributed by atoms with E-state index in [1.54, 1.807) is 24.3 Å². The lowest BCUT2D eigenvalue weighted by Crippen LogP contribution is -2.24. The molecule has 4 nitrogen and oxygen atoms in total. The number of hydrogen-bond donors (Lipinski definition) is 0. The third kappa shape index (κ3) is 4.96. The summed E-state index contributed by atoms with van der Waals surface area (Å²) in [7, 11) is 1.79. The fourth-order valence-electron chi connectivity index (χ4n) is 3.35. The van der Waals surface area contributed by atoms with E-state index >= 15 is 0 Å². The lowest BCUT2D eigenvalue weighted by atomic mass is 9.95. The molecule has 0 aliphatic heterocycles. The molecule has 1 heterocycles. The molecule has 4 heteroatoms. The van der Waals surface area contributed by atoms with Crippen LogP contribution in [0.25, 0.3) is 11.1 Å². The van der Waals surface area contributed by atoms with Gasteiger partial charge in [-0.15, -0.1) is 0 Å². The number of aryl methyl sites for hydroxylation is 2. The van der Waals surface area contributed by atoms with Crippen LogP contribution < -0.4 is 4.90 Å². The number of pyridine rings is 1. The maximum atomic E-state index is 12.6. The summed E-state index contributed by atoms with van der Waals surface area (Å²) in [6.45, 7) is 3.83. The van der Waals surface area contributed by atoms with Crippen LogP contribution in [0.1, 0.15) is 41.3 Å². The molecule has 148 valence electrons. The van der Waals surface area contributed by atoms with Crippen LogP contribution in [0.15, 0.2) is 67.0 Å². The van der Waals surface area contributed by atoms with Gasteiger partial charge in [-0.05, 0) is 53.8 Å². The number of carbonyl (C=O) groups is 2. The summed E-state index contributed by atoms with van der Waals surface area (Å²) < 4.78 is 0. The predicted molar refractivity (Wildman–Crippen MR) is 117 cm³/mol. The van der Waals surface area contributed by atoms with Gasteiger partial charge in [0.15, 0.2) is 5.78 Å². The van der Waals surface area contributed by atoms with Gasteiger partial charge in [-0.2, -0.15) is 0 Å². The highest BCUT2D eigenvalue weighted by atomic mass is 16.2. The molecule has 0 saturated heterocycles. The predicted octanol–water partition coefficient (Wildman–Crippen LogP) is 5.25. The van der Waals surface area contributed by atoms with Crippen LogP contribution >= 0.6 is 0 Å². The van der Waals surface area contributed by atoms with Crippen LogP contribution in [-0.4, -0.2) is 23.7 Å². The second kappa shape index (κ2) is 9.28. The van der Waals surface area contributed by atoms with Crippen molar-refractivity contribution in [2.45, 2.75) is 33.1 Å². The molecule has 0 spiro atoms. The molecule has 3 aromatic rings. The van der Waals surface area contributed by atoms with Crippen molar-refractivity contribution in [2.75, 3.05) is 11.9 Å². The van der Waals surface area contributed by atoms with Crippen molar-refractivity contribution in [1.29, 1.82) is 0 Å². The normalized spacial score (nSPS) is 10.6. The summed E-state index contributed by atoms with van der Waals surface area (Å²) in [6, 6.07) is 17.7. The number of ketones is 1. The largest absolute Gasteiger partial charge is 0.316 e. The second-order valence-corrected chi connectivity index (χ2v) is 7.17. The van der Waals surface area contributed by atoms with Crippen LogP contribution in [-0.2, 0) is 11.2 Å². The van der Waals surface area contributed by atoms with Crippen molar-refractivity contribution >= 4 is 17.4 Å². The van der Waals surface area contributed by atoms with Gasteiger partial charge in [0.05, 0.1) is 0 Å². The average molecular weight is 386 g/mol. The number of hydrogen-bond acceptors (Lipinski definition) is 3. The molecular weight excluding hydrogens is 360 g/mol. The standard InChI is InChI=1S/C25H26N2O2/c1-4-25(29)27(3)22-11-8-20(9-12-22)21-10-13-23(18(2)16-21)24(28)14-7-19-6-5-15-26-17-19/h5-6,8-13,15-17H,4,7,14H2,1-3H3. The van der Waals surface area contributed by atoms with Crippen LogP contribution in [0.4, 0.5) is 5.69 Å². The first-order chi connectivity index (χ1) is 14.0. The van der Waals surface area contributed by atoms with E-state index in [1.165, 1.54) is 0 Å². The fourth-order valence-corrected chi connectivity index (χ4v) is 3.35. The second-order valence-electron chi connectivity index (χ2n) is 7.17. The minimum Gasteiger partial charge on any atom is -0.316 e. The summed E-state index contributed by atoms with van der Waals surface area (Å²) in [4.78, 5) is 30.3. The SMILES string of the molecule is CCC(=O)N(C)c1ccc(-c2ccc(C(=O)CCc3cccnc3)c(C)c2)cc1. The molecular formula is C25H26N2O2. The number of anilines is 1. The van der Waals surface area contributed by atoms with Gasteiger partial charge >= 0.3 is 0 Å². The number of amides is 1. The van der Waals surface area contributed by atoms with E-state index < -0.39 is 0 Å². The maximum absolute atomic E-state index is 12.6. The average Bonchev–Trinajstić information content (AvgIpc) is 2.77. The Morgan fingerprint density at radius 3 is 2.34 bits per heavy atom. The number of rotatable bonds is 7. The van der Waals surface area contributed by atoms with E-state index in [0.717, 1.165) is 33.5 Å². The highest BCUT2D eigenvalue weighted by molar-refractivity contribution is 5.98. The summed E-state index contributed by atoms with van der Waals surface area (Å²) in [5.41, 5.74) is 5.80. The van der Waals surface area contributed by atoms with Gasteiger partial charge in [0.2, 0.25) is 5.91 Å². The van der Waals surface area contributed by atoms with E-state index in [4.69, 9.17) is 0 Å². The Morgan fingerprint density at radius 2 is 1.72 bits per heavy atom. The maximum Gasteiger partial charge on any atom is 0.226 e. The first-order valence-electron chi connectivity index (χ1n) is 9.89. The summed E-state index contributed by atoms with van der Waals surface area (Å²) in [6.07, 6.45) is 5.18. The van der Waals surface area contributed by atoms with Crippen LogP contribution in [0.2, 0.25) is 0 Å². The van der Waals surface area contributed by atoms with Crippen LogP contribution in [0.3, 0.4) is 0 Å². The summed E-state index contributed by atoms with van der Waals surface area (Å²) in [5, 5.41) is 0. The highest BCUT2D eigenvalue weighted by Gasteiger charge is 2.12. The van der Waals surface area contributed by atoms with Crippen molar-refractivity contribution < 1.29 is 9.59 Å². The van der Waals surface area contributed by atoms with Gasteiger partial charge in [0.25, 0.3) is 0 Å². The van der Waals surface area contributed by atoms with E-state index in [-0.39, 0.29) is 11.7 Å². The van der Waals surface area contributed by atoms with Crippen LogP contribution in [0.5, 0.6) is 0 Å². The third-order valence-electron chi connectivity index (χ3n) is 5.15. The molecule has 0 atom stereocenters. The zero-order valence-electron chi connectivity index (χ0n) is 17.2. The Bertz CT molecular complexity index is 995. The van der Waals surface area contributed by atoms with Crippen LogP contribution in [0, 0.1) is 6.92 Å². The molecule has 2 aromatic carbocycles. The lowest BCUT2D eigenvalue weighted by Gasteiger charge is -2.17. The molecule has 0 bridgehead atoms. The lowest BCUT2D eigenvalue weighted by molar-refractivity contribution is -0.118. The molecule has 1 amide bonds. The number of nitrogens with zero attached hydrogens (tertiary/aromatic N) is 2. The molecule has 0 unspecified atom stereocenters. The highest BCUT2D eigenvalue weighted by Crippen LogP contribution is 2.26. The monoisotopic (exact) mass is 386 g/mol. The summed E-state index contributed by atoms with van der Waals surface area (Å²) in [5.74, 6) is 0.232. The van der Waals surface area contributed by atoms with Crippen molar-refractivity contribution in [3.8, 4) is 11.1 Å². The molecule has 0 fully saturated rings. The van der Waals surface area contributed by atoms with Gasteiger partial charge in [0, 0.05) is 43.5 Å². The van der Waals surface area contributed by atoms with E-state index in [9.17, 15) is 9.59 Å². The molecule has 1 aromatic heterocycles. The number of Topliss-reactive ketones (excluding diaryl/α,β-unsaturated/α-hetero) is 1. The number of benzene rings is 2. The van der Waals surface area contributed by atoms with Gasteiger partial charge < -0.3 is 4.90 Å². The van der Waals surface area contributed by atoms with E-state index in [0.29, 0.717) is 19.3 Å². The molecule has 0 saturated carbocycles. The molecule has 0 aliphatic rings. The fraction of sp³-hybridized carbons (Fsp3) is 0.240. The Labute approximate surface area is 172 Å². The zero-order chi connectivity index (χ0) is 20.8. The molecule has 0 aliphatic carbocycles. The molecule has 0 N–H and O–H groups in total. The van der Waals surface area contributed by atoms with Crippen molar-refractivity contribution in [1.82, 2.24) is 4.98 Å². The van der Waals surface area contributed by atoms with E-state index in [1.807, 2.05) is 68.4 Å². The van der Waals surface area contributed by atoms with Crippen molar-refractivity contribution in [3.63, 3.8) is 0 Å². The zero-order valence-corrected chi connectivity index (χ0v) is 17.2. The van der Waals surface area contributed by atoms with Gasteiger partial charge in [-0.3, -0.25) is 14.6 Å². The Morgan fingerprint density at radius 1 is 1.00 bits per heavy atom.